The van der Waals surface area contributed by atoms with Gasteiger partial charge in [0.05, 0.1) is 5.56 Å². The number of aromatic nitrogens is 1. The summed E-state index contributed by atoms with van der Waals surface area (Å²) in [7, 11) is 0. The zero-order valence-corrected chi connectivity index (χ0v) is 12.4. The molecule has 0 unspecified atom stereocenters. The van der Waals surface area contributed by atoms with Gasteiger partial charge in [-0.25, -0.2) is 4.98 Å². The summed E-state index contributed by atoms with van der Waals surface area (Å²) >= 11 is 0. The Labute approximate surface area is 123 Å². The lowest BCUT2D eigenvalue weighted by Crippen LogP contribution is -2.26. The molecule has 1 aromatic heterocycles. The summed E-state index contributed by atoms with van der Waals surface area (Å²) in [5.74, 6) is 1.27. The molecule has 2 rings (SSSR count). The van der Waals surface area contributed by atoms with Gasteiger partial charge in [-0.1, -0.05) is 6.92 Å². The van der Waals surface area contributed by atoms with Gasteiger partial charge in [0.25, 0.3) is 0 Å². The normalized spacial score (nSPS) is 22.9. The Bertz CT molecular complexity index is 466. The maximum absolute atomic E-state index is 12.9. The molecule has 118 valence electrons. The SMILES string of the molecule is CCNc1cc(C(F)(F)F)cc(NC2CCC(C)CC2)n1. The van der Waals surface area contributed by atoms with E-state index in [4.69, 9.17) is 0 Å². The third-order valence-corrected chi connectivity index (χ3v) is 3.88. The molecule has 0 radical (unpaired) electrons. The Kier molecular flexibility index (Phi) is 4.96. The predicted molar refractivity (Wildman–Crippen MR) is 78.4 cm³/mol. The molecule has 3 nitrogen and oxygen atoms in total. The first kappa shape index (κ1) is 15.9. The van der Waals surface area contributed by atoms with Gasteiger partial charge in [-0.15, -0.1) is 0 Å². The van der Waals surface area contributed by atoms with E-state index >= 15 is 0 Å². The van der Waals surface area contributed by atoms with Gasteiger partial charge in [0.15, 0.2) is 0 Å². The van der Waals surface area contributed by atoms with E-state index in [0.717, 1.165) is 37.8 Å². The molecule has 0 atom stereocenters. The standard InChI is InChI=1S/C15H22F3N3/c1-3-19-13-8-11(15(16,17)18)9-14(21-13)20-12-6-4-10(2)5-7-12/h8-10,12H,3-7H2,1-2H3,(H2,19,20,21). The van der Waals surface area contributed by atoms with Crippen LogP contribution in [0.5, 0.6) is 0 Å². The second kappa shape index (κ2) is 6.54. The van der Waals surface area contributed by atoms with E-state index in [0.29, 0.717) is 18.3 Å². The van der Waals surface area contributed by atoms with Crippen LogP contribution < -0.4 is 10.6 Å². The van der Waals surface area contributed by atoms with Crippen LogP contribution in [0.15, 0.2) is 12.1 Å². The third-order valence-electron chi connectivity index (χ3n) is 3.88. The summed E-state index contributed by atoms with van der Waals surface area (Å²) in [6.07, 6.45) is -0.177. The van der Waals surface area contributed by atoms with Crippen molar-refractivity contribution in [3.8, 4) is 0 Å². The first-order valence-electron chi connectivity index (χ1n) is 7.48. The fourth-order valence-corrected chi connectivity index (χ4v) is 2.65. The van der Waals surface area contributed by atoms with Gasteiger partial charge in [-0.2, -0.15) is 13.2 Å². The summed E-state index contributed by atoms with van der Waals surface area (Å²) in [6, 6.07) is 2.36. The number of nitrogens with zero attached hydrogens (tertiary/aromatic N) is 1. The van der Waals surface area contributed by atoms with Crippen molar-refractivity contribution in [2.24, 2.45) is 5.92 Å². The zero-order chi connectivity index (χ0) is 15.5. The predicted octanol–water partition coefficient (Wildman–Crippen LogP) is 4.52. The minimum absolute atomic E-state index is 0.215. The highest BCUT2D eigenvalue weighted by atomic mass is 19.4. The monoisotopic (exact) mass is 301 g/mol. The van der Waals surface area contributed by atoms with Gasteiger partial charge in [-0.05, 0) is 50.7 Å². The van der Waals surface area contributed by atoms with E-state index in [1.807, 2.05) is 6.92 Å². The van der Waals surface area contributed by atoms with E-state index in [-0.39, 0.29) is 11.9 Å². The van der Waals surface area contributed by atoms with Gasteiger partial charge in [0.2, 0.25) is 0 Å². The minimum Gasteiger partial charge on any atom is -0.370 e. The molecular formula is C15H22F3N3. The Hall–Kier alpha value is -1.46. The van der Waals surface area contributed by atoms with Crippen molar-refractivity contribution >= 4 is 11.6 Å². The molecule has 2 N–H and O–H groups in total. The summed E-state index contributed by atoms with van der Waals surface area (Å²) in [5, 5.41) is 6.02. The van der Waals surface area contributed by atoms with Crippen molar-refractivity contribution in [2.75, 3.05) is 17.2 Å². The second-order valence-corrected chi connectivity index (χ2v) is 5.76. The highest BCUT2D eigenvalue weighted by Crippen LogP contribution is 2.33. The molecule has 0 aliphatic heterocycles. The van der Waals surface area contributed by atoms with Crippen LogP contribution in [0.2, 0.25) is 0 Å². The number of hydrogen-bond donors (Lipinski definition) is 2. The van der Waals surface area contributed by atoms with Crippen LogP contribution in [0.3, 0.4) is 0 Å². The highest BCUT2D eigenvalue weighted by molar-refractivity contribution is 5.50. The summed E-state index contributed by atoms with van der Waals surface area (Å²) in [5.41, 5.74) is -0.667. The largest absolute Gasteiger partial charge is 0.416 e. The number of rotatable bonds is 4. The number of hydrogen-bond acceptors (Lipinski definition) is 3. The van der Waals surface area contributed by atoms with Crippen molar-refractivity contribution in [1.82, 2.24) is 4.98 Å². The Morgan fingerprint density at radius 3 is 2.33 bits per heavy atom. The molecule has 1 heterocycles. The molecule has 6 heteroatoms. The number of alkyl halides is 3. The van der Waals surface area contributed by atoms with Crippen LogP contribution in [-0.4, -0.2) is 17.6 Å². The molecule has 1 saturated carbocycles. The second-order valence-electron chi connectivity index (χ2n) is 5.76. The van der Waals surface area contributed by atoms with Crippen molar-refractivity contribution in [2.45, 2.75) is 51.7 Å². The maximum Gasteiger partial charge on any atom is 0.416 e. The molecule has 0 amide bonds. The molecule has 1 fully saturated rings. The number of anilines is 2. The number of nitrogens with one attached hydrogen (secondary N) is 2. The van der Waals surface area contributed by atoms with E-state index in [9.17, 15) is 13.2 Å². The molecule has 21 heavy (non-hydrogen) atoms. The topological polar surface area (TPSA) is 37.0 Å². The lowest BCUT2D eigenvalue weighted by atomic mass is 9.87. The van der Waals surface area contributed by atoms with Crippen molar-refractivity contribution in [1.29, 1.82) is 0 Å². The Balaban J connectivity index is 2.15. The minimum atomic E-state index is -4.36. The van der Waals surface area contributed by atoms with Crippen LogP contribution >= 0.6 is 0 Å². The average Bonchev–Trinajstić information content (AvgIpc) is 2.41. The van der Waals surface area contributed by atoms with Gasteiger partial charge < -0.3 is 10.6 Å². The highest BCUT2D eigenvalue weighted by Gasteiger charge is 2.32. The Morgan fingerprint density at radius 2 is 1.76 bits per heavy atom. The van der Waals surface area contributed by atoms with Gasteiger partial charge in [0.1, 0.15) is 11.6 Å². The van der Waals surface area contributed by atoms with E-state index < -0.39 is 11.7 Å². The van der Waals surface area contributed by atoms with E-state index in [1.54, 1.807) is 0 Å². The molecule has 0 aromatic carbocycles. The summed E-state index contributed by atoms with van der Waals surface area (Å²) in [4.78, 5) is 4.23. The Morgan fingerprint density at radius 1 is 1.14 bits per heavy atom. The average molecular weight is 301 g/mol. The van der Waals surface area contributed by atoms with Crippen molar-refractivity contribution in [3.05, 3.63) is 17.7 Å². The van der Waals surface area contributed by atoms with Crippen LogP contribution in [0.1, 0.15) is 45.1 Å². The van der Waals surface area contributed by atoms with E-state index in [1.165, 1.54) is 0 Å². The molecule has 0 saturated heterocycles. The van der Waals surface area contributed by atoms with Crippen LogP contribution in [0.25, 0.3) is 0 Å². The van der Waals surface area contributed by atoms with Gasteiger partial charge >= 0.3 is 6.18 Å². The summed E-state index contributed by atoms with van der Waals surface area (Å²) in [6.45, 7) is 4.58. The molecular weight excluding hydrogens is 279 g/mol. The first-order valence-corrected chi connectivity index (χ1v) is 7.48. The van der Waals surface area contributed by atoms with Gasteiger partial charge in [-0.3, -0.25) is 0 Å². The van der Waals surface area contributed by atoms with Gasteiger partial charge in [0, 0.05) is 12.6 Å². The molecule has 0 bridgehead atoms. The van der Waals surface area contributed by atoms with Crippen molar-refractivity contribution in [3.63, 3.8) is 0 Å². The fraction of sp³-hybridized carbons (Fsp3) is 0.667. The van der Waals surface area contributed by atoms with Crippen LogP contribution in [0, 0.1) is 5.92 Å². The molecule has 1 aromatic rings. The van der Waals surface area contributed by atoms with E-state index in [2.05, 4.69) is 22.5 Å². The summed E-state index contributed by atoms with van der Waals surface area (Å²) < 4.78 is 38.8. The lowest BCUT2D eigenvalue weighted by molar-refractivity contribution is -0.137. The molecule has 0 spiro atoms. The smallest absolute Gasteiger partial charge is 0.370 e. The molecule has 1 aliphatic carbocycles. The quantitative estimate of drug-likeness (QED) is 0.858. The zero-order valence-electron chi connectivity index (χ0n) is 12.4. The third kappa shape index (κ3) is 4.51. The maximum atomic E-state index is 12.9. The fourth-order valence-electron chi connectivity index (χ4n) is 2.65. The molecule has 1 aliphatic rings. The lowest BCUT2D eigenvalue weighted by Gasteiger charge is -2.27. The first-order chi connectivity index (χ1) is 9.88. The van der Waals surface area contributed by atoms with Crippen LogP contribution in [0.4, 0.5) is 24.8 Å². The van der Waals surface area contributed by atoms with Crippen LogP contribution in [-0.2, 0) is 6.18 Å². The number of halogens is 3. The number of pyridine rings is 1. The van der Waals surface area contributed by atoms with Crippen molar-refractivity contribution < 1.29 is 13.2 Å².